The largest absolute Gasteiger partial charge is 0.491 e. The molecule has 1 aromatic carbocycles. The molecule has 0 bridgehead atoms. The maximum Gasteiger partial charge on any atom is 0.119 e. The van der Waals surface area contributed by atoms with E-state index < -0.39 is 0 Å². The van der Waals surface area contributed by atoms with E-state index in [1.54, 1.807) is 0 Å². The van der Waals surface area contributed by atoms with Crippen molar-refractivity contribution in [3.63, 3.8) is 0 Å². The summed E-state index contributed by atoms with van der Waals surface area (Å²) < 4.78 is 6.61. The van der Waals surface area contributed by atoms with Gasteiger partial charge in [0.25, 0.3) is 0 Å². The van der Waals surface area contributed by atoms with Crippen LogP contribution in [0, 0.1) is 5.92 Å². The highest BCUT2D eigenvalue weighted by Gasteiger charge is 2.26. The van der Waals surface area contributed by atoms with Crippen LogP contribution in [0.3, 0.4) is 0 Å². The number of aliphatic hydroxyl groups excluding tert-OH is 1. The molecule has 94 valence electrons. The van der Waals surface area contributed by atoms with E-state index in [9.17, 15) is 5.11 Å². The average molecular weight is 300 g/mol. The molecule has 2 rings (SSSR count). The van der Waals surface area contributed by atoms with E-state index in [1.807, 2.05) is 24.3 Å². The second kappa shape index (κ2) is 5.85. The van der Waals surface area contributed by atoms with Crippen molar-refractivity contribution in [1.29, 1.82) is 0 Å². The summed E-state index contributed by atoms with van der Waals surface area (Å²) in [6.45, 7) is 2.41. The third kappa shape index (κ3) is 3.69. The van der Waals surface area contributed by atoms with Gasteiger partial charge in [-0.05, 0) is 44.3 Å². The third-order valence-electron chi connectivity index (χ3n) is 3.21. The van der Waals surface area contributed by atoms with Crippen LogP contribution in [0.2, 0.25) is 0 Å². The zero-order valence-corrected chi connectivity index (χ0v) is 11.6. The van der Waals surface area contributed by atoms with Crippen LogP contribution in [0.15, 0.2) is 28.7 Å². The number of rotatable bonds is 4. The molecule has 1 aromatic rings. The fourth-order valence-corrected chi connectivity index (χ4v) is 2.40. The Labute approximate surface area is 111 Å². The zero-order chi connectivity index (χ0) is 12.3. The first-order valence-electron chi connectivity index (χ1n) is 5.90. The Morgan fingerprint density at radius 2 is 2.18 bits per heavy atom. The maximum absolute atomic E-state index is 10.0. The van der Waals surface area contributed by atoms with Gasteiger partial charge in [0, 0.05) is 16.9 Å². The lowest BCUT2D eigenvalue weighted by Gasteiger charge is -2.18. The second-order valence-electron chi connectivity index (χ2n) is 4.64. The summed E-state index contributed by atoms with van der Waals surface area (Å²) in [5, 5.41) is 10.0. The molecule has 0 radical (unpaired) electrons. The van der Waals surface area contributed by atoms with Gasteiger partial charge in [0.1, 0.15) is 12.4 Å². The predicted octanol–water partition coefficient (Wildman–Crippen LogP) is 2.14. The molecule has 2 unspecified atom stereocenters. The van der Waals surface area contributed by atoms with E-state index in [4.69, 9.17) is 4.74 Å². The molecule has 1 saturated heterocycles. The summed E-state index contributed by atoms with van der Waals surface area (Å²) in [4.78, 5) is 2.24. The average Bonchev–Trinajstić information content (AvgIpc) is 2.75. The van der Waals surface area contributed by atoms with E-state index >= 15 is 0 Å². The topological polar surface area (TPSA) is 32.7 Å². The lowest BCUT2D eigenvalue weighted by atomic mass is 10.0. The first-order chi connectivity index (χ1) is 8.15. The Bertz CT molecular complexity index is 355. The summed E-state index contributed by atoms with van der Waals surface area (Å²) >= 11 is 3.38. The van der Waals surface area contributed by atoms with Crippen LogP contribution in [0.25, 0.3) is 0 Å². The van der Waals surface area contributed by atoms with Crippen molar-refractivity contribution in [3.8, 4) is 5.75 Å². The normalized spacial score (nSPS) is 22.6. The smallest absolute Gasteiger partial charge is 0.119 e. The van der Waals surface area contributed by atoms with Crippen molar-refractivity contribution in [2.45, 2.75) is 12.5 Å². The second-order valence-corrected chi connectivity index (χ2v) is 5.56. The van der Waals surface area contributed by atoms with Gasteiger partial charge in [-0.25, -0.2) is 0 Å². The van der Waals surface area contributed by atoms with Crippen molar-refractivity contribution >= 4 is 15.9 Å². The number of likely N-dealkylation sites (tertiary alicyclic amines) is 1. The summed E-state index contributed by atoms with van der Waals surface area (Å²) in [7, 11) is 2.09. The summed E-state index contributed by atoms with van der Waals surface area (Å²) in [5.74, 6) is 1.15. The molecule has 1 aliphatic heterocycles. The van der Waals surface area contributed by atoms with Gasteiger partial charge in [-0.2, -0.15) is 0 Å². The Balaban J connectivity index is 1.79. The monoisotopic (exact) mass is 299 g/mol. The molecule has 2 atom stereocenters. The van der Waals surface area contributed by atoms with E-state index in [0.29, 0.717) is 12.5 Å². The van der Waals surface area contributed by atoms with Gasteiger partial charge in [-0.3, -0.25) is 0 Å². The van der Waals surface area contributed by atoms with E-state index in [-0.39, 0.29) is 6.10 Å². The number of hydrogen-bond donors (Lipinski definition) is 1. The zero-order valence-electron chi connectivity index (χ0n) is 9.97. The van der Waals surface area contributed by atoms with Crippen LogP contribution in [0.5, 0.6) is 5.75 Å². The van der Waals surface area contributed by atoms with Crippen molar-refractivity contribution in [3.05, 3.63) is 28.7 Å². The number of benzene rings is 1. The van der Waals surface area contributed by atoms with Gasteiger partial charge in [0.05, 0.1) is 6.10 Å². The lowest BCUT2D eigenvalue weighted by molar-refractivity contribution is 0.0607. The predicted molar refractivity (Wildman–Crippen MR) is 71.2 cm³/mol. The molecular formula is C13H18BrNO2. The fraction of sp³-hybridized carbons (Fsp3) is 0.538. The highest BCUT2D eigenvalue weighted by molar-refractivity contribution is 9.10. The Hall–Kier alpha value is -0.580. The number of ether oxygens (including phenoxy) is 1. The first-order valence-corrected chi connectivity index (χ1v) is 6.69. The molecule has 0 amide bonds. The van der Waals surface area contributed by atoms with Crippen molar-refractivity contribution in [1.82, 2.24) is 4.90 Å². The van der Waals surface area contributed by atoms with Gasteiger partial charge in [0.15, 0.2) is 0 Å². The van der Waals surface area contributed by atoms with Crippen molar-refractivity contribution in [2.24, 2.45) is 5.92 Å². The summed E-state index contributed by atoms with van der Waals surface area (Å²) in [6.07, 6.45) is 0.685. The third-order valence-corrected chi connectivity index (χ3v) is 3.74. The van der Waals surface area contributed by atoms with Gasteiger partial charge < -0.3 is 14.7 Å². The highest BCUT2D eigenvalue weighted by Crippen LogP contribution is 2.20. The minimum absolute atomic E-state index is 0.343. The standard InChI is InChI=1S/C13H18BrNO2/c1-15-7-6-10(8-15)13(16)9-17-12-4-2-11(14)3-5-12/h2-5,10,13,16H,6-9H2,1H3. The maximum atomic E-state index is 10.0. The molecule has 0 spiro atoms. The SMILES string of the molecule is CN1CCC(C(O)COc2ccc(Br)cc2)C1. The summed E-state index contributed by atoms with van der Waals surface area (Å²) in [6, 6.07) is 7.67. The van der Waals surface area contributed by atoms with Gasteiger partial charge in [-0.1, -0.05) is 15.9 Å². The summed E-state index contributed by atoms with van der Waals surface area (Å²) in [5.41, 5.74) is 0. The Kier molecular flexibility index (Phi) is 4.42. The fourth-order valence-electron chi connectivity index (χ4n) is 2.13. The molecule has 1 heterocycles. The Morgan fingerprint density at radius 1 is 1.47 bits per heavy atom. The first kappa shape index (κ1) is 12.9. The van der Waals surface area contributed by atoms with E-state index in [2.05, 4.69) is 27.9 Å². The van der Waals surface area contributed by atoms with Gasteiger partial charge in [0.2, 0.25) is 0 Å². The number of aliphatic hydroxyl groups is 1. The van der Waals surface area contributed by atoms with Crippen LogP contribution in [-0.2, 0) is 0 Å². The molecule has 0 saturated carbocycles. The molecule has 0 aromatic heterocycles. The van der Waals surface area contributed by atoms with Crippen LogP contribution in [-0.4, -0.2) is 42.9 Å². The molecule has 3 nitrogen and oxygen atoms in total. The number of nitrogens with zero attached hydrogens (tertiary/aromatic N) is 1. The highest BCUT2D eigenvalue weighted by atomic mass is 79.9. The molecule has 17 heavy (non-hydrogen) atoms. The van der Waals surface area contributed by atoms with Crippen molar-refractivity contribution in [2.75, 3.05) is 26.7 Å². The number of hydrogen-bond acceptors (Lipinski definition) is 3. The lowest BCUT2D eigenvalue weighted by Crippen LogP contribution is -2.29. The van der Waals surface area contributed by atoms with Crippen molar-refractivity contribution < 1.29 is 9.84 Å². The van der Waals surface area contributed by atoms with Crippen LogP contribution >= 0.6 is 15.9 Å². The van der Waals surface area contributed by atoms with E-state index in [0.717, 1.165) is 29.7 Å². The molecule has 4 heteroatoms. The van der Waals surface area contributed by atoms with Crippen LogP contribution in [0.4, 0.5) is 0 Å². The van der Waals surface area contributed by atoms with Crippen LogP contribution < -0.4 is 4.74 Å². The molecule has 0 aliphatic carbocycles. The molecular weight excluding hydrogens is 282 g/mol. The minimum atomic E-state index is -0.372. The Morgan fingerprint density at radius 3 is 2.76 bits per heavy atom. The van der Waals surface area contributed by atoms with E-state index in [1.165, 1.54) is 0 Å². The molecule has 1 N–H and O–H groups in total. The van der Waals surface area contributed by atoms with Crippen LogP contribution in [0.1, 0.15) is 6.42 Å². The molecule has 1 aliphatic rings. The van der Waals surface area contributed by atoms with Gasteiger partial charge >= 0.3 is 0 Å². The molecule has 1 fully saturated rings. The quantitative estimate of drug-likeness (QED) is 0.925. The van der Waals surface area contributed by atoms with Gasteiger partial charge in [-0.15, -0.1) is 0 Å². The minimum Gasteiger partial charge on any atom is -0.491 e. The number of halogens is 1.